The fourth-order valence-corrected chi connectivity index (χ4v) is 2.88. The summed E-state index contributed by atoms with van der Waals surface area (Å²) in [5.41, 5.74) is 2.41. The molecule has 1 aromatic carbocycles. The Labute approximate surface area is 137 Å². The molecule has 1 aliphatic rings. The zero-order valence-electron chi connectivity index (χ0n) is 14.1. The van der Waals surface area contributed by atoms with Crippen LogP contribution < -0.4 is 10.1 Å². The van der Waals surface area contributed by atoms with Gasteiger partial charge >= 0.3 is 5.97 Å². The highest BCUT2D eigenvalue weighted by Gasteiger charge is 2.36. The molecule has 2 N–H and O–H groups in total. The van der Waals surface area contributed by atoms with Crippen LogP contribution in [-0.4, -0.2) is 29.1 Å². The molecular formula is C18H25NO4. The third-order valence-corrected chi connectivity index (χ3v) is 4.38. The van der Waals surface area contributed by atoms with E-state index >= 15 is 0 Å². The number of carbonyl (C=O) groups is 2. The summed E-state index contributed by atoms with van der Waals surface area (Å²) in [4.78, 5) is 22.9. The Kier molecular flexibility index (Phi) is 5.29. The molecule has 0 radical (unpaired) electrons. The second-order valence-electron chi connectivity index (χ2n) is 6.65. The van der Waals surface area contributed by atoms with Crippen molar-refractivity contribution in [2.45, 2.75) is 58.6 Å². The van der Waals surface area contributed by atoms with Crippen molar-refractivity contribution in [1.29, 1.82) is 0 Å². The van der Waals surface area contributed by atoms with Crippen LogP contribution in [0, 0.1) is 12.8 Å². The van der Waals surface area contributed by atoms with Gasteiger partial charge in [0.25, 0.3) is 5.91 Å². The molecule has 5 nitrogen and oxygen atoms in total. The molecule has 0 aliphatic heterocycles. The monoisotopic (exact) mass is 319 g/mol. The average molecular weight is 319 g/mol. The lowest BCUT2D eigenvalue weighted by Crippen LogP contribution is -2.50. The number of amides is 1. The molecule has 0 heterocycles. The number of carboxylic acid groups (broad SMARTS) is 1. The van der Waals surface area contributed by atoms with Crippen molar-refractivity contribution >= 4 is 11.9 Å². The van der Waals surface area contributed by atoms with Crippen LogP contribution >= 0.6 is 0 Å². The second-order valence-corrected chi connectivity index (χ2v) is 6.65. The van der Waals surface area contributed by atoms with E-state index in [-0.39, 0.29) is 17.9 Å². The van der Waals surface area contributed by atoms with Gasteiger partial charge in [-0.15, -0.1) is 0 Å². The summed E-state index contributed by atoms with van der Waals surface area (Å²) in [6, 6.07) is 5.81. The number of carboxylic acids is 1. The predicted octanol–water partition coefficient (Wildman–Crippen LogP) is 2.87. The fraction of sp³-hybridized carbons (Fsp3) is 0.556. The van der Waals surface area contributed by atoms with E-state index < -0.39 is 12.1 Å². The maximum Gasteiger partial charge on any atom is 0.306 e. The number of aryl methyl sites for hydroxylation is 1. The van der Waals surface area contributed by atoms with Gasteiger partial charge in [-0.1, -0.05) is 19.9 Å². The normalized spacial score (nSPS) is 21.4. The van der Waals surface area contributed by atoms with Gasteiger partial charge in [-0.2, -0.15) is 0 Å². The summed E-state index contributed by atoms with van der Waals surface area (Å²) in [6.07, 6.45) is 0.384. The first-order chi connectivity index (χ1) is 10.8. The van der Waals surface area contributed by atoms with Crippen molar-refractivity contribution in [3.05, 3.63) is 29.3 Å². The van der Waals surface area contributed by atoms with Crippen molar-refractivity contribution in [2.24, 2.45) is 5.92 Å². The summed E-state index contributed by atoms with van der Waals surface area (Å²) in [5.74, 6) is -0.204. The molecule has 126 valence electrons. The predicted molar refractivity (Wildman–Crippen MR) is 87.6 cm³/mol. The van der Waals surface area contributed by atoms with E-state index in [1.54, 1.807) is 6.92 Å². The third-order valence-electron chi connectivity index (χ3n) is 4.38. The zero-order valence-corrected chi connectivity index (χ0v) is 14.1. The Morgan fingerprint density at radius 1 is 1.26 bits per heavy atom. The van der Waals surface area contributed by atoms with E-state index in [0.29, 0.717) is 24.5 Å². The van der Waals surface area contributed by atoms with E-state index in [4.69, 9.17) is 9.84 Å². The number of hydrogen-bond acceptors (Lipinski definition) is 3. The minimum Gasteiger partial charge on any atom is -0.481 e. The Balaban J connectivity index is 1.86. The van der Waals surface area contributed by atoms with Crippen molar-refractivity contribution < 1.29 is 19.4 Å². The van der Waals surface area contributed by atoms with E-state index in [2.05, 4.69) is 19.2 Å². The lowest BCUT2D eigenvalue weighted by atomic mass is 9.80. The Hall–Kier alpha value is -2.04. The SMILES string of the molecule is Cc1cc(OC(C)C(=O)NC2CC(C(=O)O)C2)ccc1C(C)C. The number of rotatable bonds is 6. The molecule has 0 saturated heterocycles. The number of benzene rings is 1. The van der Waals surface area contributed by atoms with Crippen LogP contribution in [0.15, 0.2) is 18.2 Å². The van der Waals surface area contributed by atoms with Gasteiger partial charge in [-0.3, -0.25) is 9.59 Å². The lowest BCUT2D eigenvalue weighted by Gasteiger charge is -2.33. The van der Waals surface area contributed by atoms with Crippen LogP contribution in [0.5, 0.6) is 5.75 Å². The summed E-state index contributed by atoms with van der Waals surface area (Å²) in [6.45, 7) is 8.02. The molecule has 1 saturated carbocycles. The molecule has 0 bridgehead atoms. The largest absolute Gasteiger partial charge is 0.481 e. The summed E-state index contributed by atoms with van der Waals surface area (Å²) >= 11 is 0. The number of aliphatic carboxylic acids is 1. The van der Waals surface area contributed by atoms with E-state index in [0.717, 1.165) is 5.56 Å². The van der Waals surface area contributed by atoms with Gasteiger partial charge in [-0.05, 0) is 55.9 Å². The highest BCUT2D eigenvalue weighted by Crippen LogP contribution is 2.28. The second kappa shape index (κ2) is 7.02. The molecule has 0 aromatic heterocycles. The fourth-order valence-electron chi connectivity index (χ4n) is 2.88. The van der Waals surface area contributed by atoms with Gasteiger partial charge in [0, 0.05) is 6.04 Å². The lowest BCUT2D eigenvalue weighted by molar-refractivity contribution is -0.146. The van der Waals surface area contributed by atoms with Crippen LogP contribution in [0.1, 0.15) is 50.7 Å². The highest BCUT2D eigenvalue weighted by atomic mass is 16.5. The zero-order chi connectivity index (χ0) is 17.1. The van der Waals surface area contributed by atoms with Crippen LogP contribution in [-0.2, 0) is 9.59 Å². The molecule has 1 fully saturated rings. The van der Waals surface area contributed by atoms with Gasteiger partial charge < -0.3 is 15.2 Å². The first kappa shape index (κ1) is 17.3. The topological polar surface area (TPSA) is 75.6 Å². The summed E-state index contributed by atoms with van der Waals surface area (Å²) in [5, 5.41) is 11.7. The number of ether oxygens (including phenoxy) is 1. The Bertz CT molecular complexity index is 591. The van der Waals surface area contributed by atoms with E-state index in [9.17, 15) is 9.59 Å². The van der Waals surface area contributed by atoms with Crippen LogP contribution in [0.25, 0.3) is 0 Å². The van der Waals surface area contributed by atoms with Crippen LogP contribution in [0.2, 0.25) is 0 Å². The summed E-state index contributed by atoms with van der Waals surface area (Å²) < 4.78 is 5.71. The summed E-state index contributed by atoms with van der Waals surface area (Å²) in [7, 11) is 0. The van der Waals surface area contributed by atoms with Crippen molar-refractivity contribution in [1.82, 2.24) is 5.32 Å². The quantitative estimate of drug-likeness (QED) is 0.845. The van der Waals surface area contributed by atoms with Crippen LogP contribution in [0.4, 0.5) is 0 Å². The number of hydrogen-bond donors (Lipinski definition) is 2. The van der Waals surface area contributed by atoms with Crippen molar-refractivity contribution in [2.75, 3.05) is 0 Å². The molecule has 2 rings (SSSR count). The van der Waals surface area contributed by atoms with Gasteiger partial charge in [0.05, 0.1) is 5.92 Å². The standard InChI is InChI=1S/C18H25NO4/c1-10(2)16-6-5-15(7-11(16)3)23-12(4)17(20)19-14-8-13(9-14)18(21)22/h5-7,10,12-14H,8-9H2,1-4H3,(H,19,20)(H,21,22). The first-order valence-electron chi connectivity index (χ1n) is 8.08. The first-order valence-corrected chi connectivity index (χ1v) is 8.08. The minimum absolute atomic E-state index is 0.0558. The smallest absolute Gasteiger partial charge is 0.306 e. The maximum atomic E-state index is 12.1. The van der Waals surface area contributed by atoms with Crippen molar-refractivity contribution in [3.8, 4) is 5.75 Å². The van der Waals surface area contributed by atoms with Crippen molar-refractivity contribution in [3.63, 3.8) is 0 Å². The molecule has 0 spiro atoms. The molecule has 1 atom stereocenters. The molecule has 1 aromatic rings. The average Bonchev–Trinajstić information content (AvgIpc) is 2.41. The van der Waals surface area contributed by atoms with Gasteiger partial charge in [-0.25, -0.2) is 0 Å². The van der Waals surface area contributed by atoms with Gasteiger partial charge in [0.15, 0.2) is 6.10 Å². The highest BCUT2D eigenvalue weighted by molar-refractivity contribution is 5.81. The molecule has 1 amide bonds. The minimum atomic E-state index is -0.791. The number of carbonyl (C=O) groups excluding carboxylic acids is 1. The van der Waals surface area contributed by atoms with E-state index in [1.165, 1.54) is 5.56 Å². The molecule has 5 heteroatoms. The Morgan fingerprint density at radius 3 is 2.43 bits per heavy atom. The third kappa shape index (κ3) is 4.24. The van der Waals surface area contributed by atoms with Crippen LogP contribution in [0.3, 0.4) is 0 Å². The number of nitrogens with one attached hydrogen (secondary N) is 1. The molecule has 1 unspecified atom stereocenters. The van der Waals surface area contributed by atoms with Gasteiger partial charge in [0.1, 0.15) is 5.75 Å². The van der Waals surface area contributed by atoms with Gasteiger partial charge in [0.2, 0.25) is 0 Å². The van der Waals surface area contributed by atoms with E-state index in [1.807, 2.05) is 25.1 Å². The molecular weight excluding hydrogens is 294 g/mol. The molecule has 1 aliphatic carbocycles. The maximum absolute atomic E-state index is 12.1. The Morgan fingerprint density at radius 2 is 1.91 bits per heavy atom. The molecule has 23 heavy (non-hydrogen) atoms.